The number of hydrogen-bond acceptors (Lipinski definition) is 7. The zero-order valence-corrected chi connectivity index (χ0v) is 17.8. The van der Waals surface area contributed by atoms with Gasteiger partial charge in [0.25, 0.3) is 0 Å². The number of halogens is 3. The lowest BCUT2D eigenvalue weighted by Gasteiger charge is -2.34. The van der Waals surface area contributed by atoms with E-state index in [9.17, 15) is 18.0 Å². The molecular weight excluding hydrogens is 439 g/mol. The van der Waals surface area contributed by atoms with Gasteiger partial charge in [0, 0.05) is 52.0 Å². The Morgan fingerprint density at radius 1 is 1.09 bits per heavy atom. The smallest absolute Gasteiger partial charge is 0.416 e. The lowest BCUT2D eigenvalue weighted by molar-refractivity contribution is -0.137. The molecule has 1 aliphatic rings. The first-order chi connectivity index (χ1) is 15.8. The first kappa shape index (κ1) is 22.5. The normalized spacial score (nSPS) is 14.8. The van der Waals surface area contributed by atoms with Crippen LogP contribution in [0.5, 0.6) is 11.5 Å². The maximum absolute atomic E-state index is 13.4. The fraction of sp³-hybridized carbons (Fsp3) is 0.333. The third-order valence-electron chi connectivity index (χ3n) is 5.16. The number of amides is 1. The molecular formula is C21H22F3N7O2. The monoisotopic (exact) mass is 461 g/mol. The predicted octanol–water partition coefficient (Wildman–Crippen LogP) is 3.31. The molecule has 4 rings (SSSR count). The Hall–Kier alpha value is -3.67. The molecule has 0 bridgehead atoms. The topological polar surface area (TPSA) is 88.4 Å². The second-order valence-electron chi connectivity index (χ2n) is 7.48. The van der Waals surface area contributed by atoms with E-state index in [0.29, 0.717) is 44.1 Å². The van der Waals surface area contributed by atoms with E-state index < -0.39 is 11.7 Å². The van der Waals surface area contributed by atoms with E-state index >= 15 is 0 Å². The highest BCUT2D eigenvalue weighted by Gasteiger charge is 2.32. The number of ether oxygens (including phenoxy) is 1. The Morgan fingerprint density at radius 3 is 2.45 bits per heavy atom. The molecule has 1 N–H and O–H groups in total. The quantitative estimate of drug-likeness (QED) is 0.624. The van der Waals surface area contributed by atoms with Crippen molar-refractivity contribution in [3.63, 3.8) is 0 Å². The van der Waals surface area contributed by atoms with Crippen molar-refractivity contribution in [3.8, 4) is 11.5 Å². The Balaban J connectivity index is 1.43. The molecule has 33 heavy (non-hydrogen) atoms. The van der Waals surface area contributed by atoms with Gasteiger partial charge in [0.2, 0.25) is 0 Å². The van der Waals surface area contributed by atoms with Gasteiger partial charge in [-0.25, -0.2) is 14.8 Å². The Kier molecular flexibility index (Phi) is 6.45. The van der Waals surface area contributed by atoms with Crippen molar-refractivity contribution in [2.75, 3.05) is 38.5 Å². The summed E-state index contributed by atoms with van der Waals surface area (Å²) in [6, 6.07) is 5.10. The Bertz CT molecular complexity index is 1100. The largest absolute Gasteiger partial charge is 0.454 e. The van der Waals surface area contributed by atoms with E-state index in [2.05, 4.69) is 20.4 Å². The highest BCUT2D eigenvalue weighted by Crippen LogP contribution is 2.34. The van der Waals surface area contributed by atoms with Crippen molar-refractivity contribution in [1.29, 1.82) is 0 Å². The summed E-state index contributed by atoms with van der Waals surface area (Å²) < 4.78 is 47.1. The molecule has 3 heterocycles. The summed E-state index contributed by atoms with van der Waals surface area (Å²) in [6.45, 7) is 2.21. The van der Waals surface area contributed by atoms with Crippen LogP contribution < -0.4 is 10.1 Å². The van der Waals surface area contributed by atoms with Gasteiger partial charge >= 0.3 is 12.2 Å². The van der Waals surface area contributed by atoms with Gasteiger partial charge in [-0.05, 0) is 23.8 Å². The molecule has 0 aliphatic carbocycles. The molecule has 9 nitrogen and oxygen atoms in total. The maximum atomic E-state index is 13.4. The van der Waals surface area contributed by atoms with Gasteiger partial charge in [0.05, 0.1) is 18.0 Å². The van der Waals surface area contributed by atoms with E-state index in [0.717, 1.165) is 12.1 Å². The summed E-state index contributed by atoms with van der Waals surface area (Å²) in [5.74, 6) is 0.893. The zero-order valence-electron chi connectivity index (χ0n) is 17.8. The highest BCUT2D eigenvalue weighted by atomic mass is 19.4. The van der Waals surface area contributed by atoms with Gasteiger partial charge in [0.1, 0.15) is 17.9 Å². The number of piperazine rings is 1. The van der Waals surface area contributed by atoms with Gasteiger partial charge in [0.15, 0.2) is 5.75 Å². The van der Waals surface area contributed by atoms with Crippen LogP contribution in [0, 0.1) is 0 Å². The van der Waals surface area contributed by atoms with Crippen LogP contribution >= 0.6 is 0 Å². The number of carbonyl (C=O) groups excluding carboxylic acids is 1. The van der Waals surface area contributed by atoms with Crippen molar-refractivity contribution < 1.29 is 22.7 Å². The van der Waals surface area contributed by atoms with Crippen LogP contribution in [-0.2, 0) is 12.7 Å². The molecule has 1 saturated heterocycles. The van der Waals surface area contributed by atoms with Crippen LogP contribution in [-0.4, -0.2) is 68.8 Å². The van der Waals surface area contributed by atoms with E-state index in [-0.39, 0.29) is 17.5 Å². The third-order valence-corrected chi connectivity index (χ3v) is 5.16. The first-order valence-corrected chi connectivity index (χ1v) is 10.2. The number of alkyl halides is 3. The Labute approximate surface area is 187 Å². The first-order valence-electron chi connectivity index (χ1n) is 10.2. The number of benzene rings is 1. The van der Waals surface area contributed by atoms with Crippen molar-refractivity contribution >= 4 is 11.8 Å². The second-order valence-corrected chi connectivity index (χ2v) is 7.48. The molecule has 0 unspecified atom stereocenters. The van der Waals surface area contributed by atoms with Crippen LogP contribution in [0.3, 0.4) is 0 Å². The van der Waals surface area contributed by atoms with E-state index in [1.54, 1.807) is 30.3 Å². The molecule has 1 aromatic carbocycles. The average Bonchev–Trinajstić information content (AvgIpc) is 3.28. The average molecular weight is 461 g/mol. The van der Waals surface area contributed by atoms with Gasteiger partial charge in [-0.2, -0.15) is 17.9 Å². The van der Waals surface area contributed by atoms with Crippen LogP contribution in [0.4, 0.5) is 23.8 Å². The SMILES string of the molecule is CNc1ccn(C(=O)N2CCN(Cc3cc(Oc4cncnc4)cc(C(F)(F)F)c3)CC2)n1. The van der Waals surface area contributed by atoms with Gasteiger partial charge in [-0.1, -0.05) is 0 Å². The molecule has 1 aliphatic heterocycles. The molecule has 0 spiro atoms. The van der Waals surface area contributed by atoms with Crippen LogP contribution in [0.1, 0.15) is 11.1 Å². The van der Waals surface area contributed by atoms with Crippen molar-refractivity contribution in [2.45, 2.75) is 12.7 Å². The van der Waals surface area contributed by atoms with Crippen molar-refractivity contribution in [1.82, 2.24) is 29.5 Å². The van der Waals surface area contributed by atoms with E-state index in [1.807, 2.05) is 4.90 Å². The van der Waals surface area contributed by atoms with Gasteiger partial charge < -0.3 is 15.0 Å². The molecule has 12 heteroatoms. The van der Waals surface area contributed by atoms with Crippen molar-refractivity contribution in [2.24, 2.45) is 0 Å². The molecule has 174 valence electrons. The van der Waals surface area contributed by atoms with Gasteiger partial charge in [-0.3, -0.25) is 4.90 Å². The fourth-order valence-electron chi connectivity index (χ4n) is 3.51. The summed E-state index contributed by atoms with van der Waals surface area (Å²) in [7, 11) is 1.72. The number of hydrogen-bond donors (Lipinski definition) is 1. The minimum absolute atomic E-state index is 0.0578. The van der Waals surface area contributed by atoms with Crippen LogP contribution in [0.25, 0.3) is 0 Å². The van der Waals surface area contributed by atoms with Crippen molar-refractivity contribution in [3.05, 3.63) is 60.3 Å². The molecule has 1 amide bonds. The number of aromatic nitrogens is 4. The predicted molar refractivity (Wildman–Crippen MR) is 113 cm³/mol. The summed E-state index contributed by atoms with van der Waals surface area (Å²) in [5.41, 5.74) is -0.332. The third kappa shape index (κ3) is 5.58. The molecule has 2 aromatic heterocycles. The summed E-state index contributed by atoms with van der Waals surface area (Å²) >= 11 is 0. The molecule has 3 aromatic rings. The number of carbonyl (C=O) groups is 1. The minimum atomic E-state index is -4.51. The molecule has 0 atom stereocenters. The highest BCUT2D eigenvalue weighted by molar-refractivity contribution is 5.76. The number of rotatable bonds is 5. The molecule has 0 radical (unpaired) electrons. The summed E-state index contributed by atoms with van der Waals surface area (Å²) in [4.78, 5) is 23.9. The van der Waals surface area contributed by atoms with E-state index in [4.69, 9.17) is 4.74 Å². The Morgan fingerprint density at radius 2 is 1.82 bits per heavy atom. The second kappa shape index (κ2) is 9.45. The van der Waals surface area contributed by atoms with Crippen LogP contribution in [0.2, 0.25) is 0 Å². The molecule has 0 saturated carbocycles. The zero-order chi connectivity index (χ0) is 23.4. The summed E-state index contributed by atoms with van der Waals surface area (Å²) in [6.07, 6.45) is 1.14. The van der Waals surface area contributed by atoms with E-state index in [1.165, 1.54) is 23.4 Å². The van der Waals surface area contributed by atoms with Gasteiger partial charge in [-0.15, -0.1) is 5.10 Å². The fourth-order valence-corrected chi connectivity index (χ4v) is 3.51. The maximum Gasteiger partial charge on any atom is 0.416 e. The van der Waals surface area contributed by atoms with Crippen LogP contribution in [0.15, 0.2) is 49.2 Å². The minimum Gasteiger partial charge on any atom is -0.454 e. The number of anilines is 1. The summed E-state index contributed by atoms with van der Waals surface area (Å²) in [5, 5.41) is 7.00. The lowest BCUT2D eigenvalue weighted by Crippen LogP contribution is -2.49. The number of nitrogens with one attached hydrogen (secondary N) is 1. The number of nitrogens with zero attached hydrogens (tertiary/aromatic N) is 6. The standard InChI is InChI=1S/C21H22F3N7O2/c1-25-19-2-3-31(28-19)20(32)30-6-4-29(5-7-30)13-15-8-16(21(22,23)24)10-17(9-15)33-18-11-26-14-27-12-18/h2-3,8-12,14H,4-7,13H2,1H3,(H,25,28). The molecule has 1 fully saturated rings. The lowest BCUT2D eigenvalue weighted by atomic mass is 10.1.